The van der Waals surface area contributed by atoms with Crippen LogP contribution in [0.15, 0.2) is 42.5 Å². The molecule has 2 rings (SSSR count). The van der Waals surface area contributed by atoms with Crippen molar-refractivity contribution in [3.8, 4) is 17.2 Å². The summed E-state index contributed by atoms with van der Waals surface area (Å²) in [6, 6.07) is 13.5. The van der Waals surface area contributed by atoms with Crippen LogP contribution in [0.2, 0.25) is 0 Å². The van der Waals surface area contributed by atoms with Crippen LogP contribution in [0.3, 0.4) is 0 Å². The molecule has 0 spiro atoms. The Morgan fingerprint density at radius 2 is 1.81 bits per heavy atom. The maximum absolute atomic E-state index is 12.5. The molecular formula is C22H29NO4. The topological polar surface area (TPSA) is 48.0 Å². The molecule has 0 aliphatic heterocycles. The Morgan fingerprint density at radius 3 is 2.48 bits per heavy atom. The highest BCUT2D eigenvalue weighted by molar-refractivity contribution is 5.77. The van der Waals surface area contributed by atoms with Crippen molar-refractivity contribution in [1.29, 1.82) is 0 Å². The third-order valence-electron chi connectivity index (χ3n) is 4.74. The molecule has 146 valence electrons. The van der Waals surface area contributed by atoms with Crippen molar-refractivity contribution < 1.29 is 19.0 Å². The fourth-order valence-corrected chi connectivity index (χ4v) is 2.81. The number of para-hydroxylation sites is 1. The van der Waals surface area contributed by atoms with Crippen LogP contribution in [0.1, 0.15) is 37.3 Å². The van der Waals surface area contributed by atoms with Crippen molar-refractivity contribution in [2.45, 2.75) is 32.7 Å². The molecular weight excluding hydrogens is 342 g/mol. The molecule has 27 heavy (non-hydrogen) atoms. The first-order valence-corrected chi connectivity index (χ1v) is 9.16. The molecule has 1 amide bonds. The first-order chi connectivity index (χ1) is 13.0. The monoisotopic (exact) mass is 371 g/mol. The van der Waals surface area contributed by atoms with Gasteiger partial charge in [-0.25, -0.2) is 0 Å². The fraction of sp³-hybridized carbons (Fsp3) is 0.409. The molecule has 0 aliphatic carbocycles. The van der Waals surface area contributed by atoms with Crippen molar-refractivity contribution in [1.82, 2.24) is 4.90 Å². The van der Waals surface area contributed by atoms with Crippen LogP contribution in [-0.4, -0.2) is 38.7 Å². The average molecular weight is 371 g/mol. The Kier molecular flexibility index (Phi) is 7.53. The Bertz CT molecular complexity index is 760. The summed E-state index contributed by atoms with van der Waals surface area (Å²) in [7, 11) is 4.98. The number of carbonyl (C=O) groups excluding carboxylic acids is 1. The lowest BCUT2D eigenvalue weighted by atomic mass is 9.98. The Hall–Kier alpha value is -2.69. The second kappa shape index (κ2) is 9.86. The molecule has 0 fully saturated rings. The number of carbonyl (C=O) groups is 1. The van der Waals surface area contributed by atoms with Gasteiger partial charge in [-0.05, 0) is 36.1 Å². The largest absolute Gasteiger partial charge is 0.497 e. The van der Waals surface area contributed by atoms with Crippen molar-refractivity contribution in [2.24, 2.45) is 0 Å². The number of methoxy groups -OCH3 is 2. The van der Waals surface area contributed by atoms with Gasteiger partial charge in [-0.1, -0.05) is 32.0 Å². The summed E-state index contributed by atoms with van der Waals surface area (Å²) in [6.07, 6.45) is 1.02. The molecule has 0 bridgehead atoms. The highest BCUT2D eigenvalue weighted by Crippen LogP contribution is 2.29. The third kappa shape index (κ3) is 5.39. The van der Waals surface area contributed by atoms with Gasteiger partial charge in [0.15, 0.2) is 6.61 Å². The molecule has 1 unspecified atom stereocenters. The van der Waals surface area contributed by atoms with Crippen LogP contribution in [0.25, 0.3) is 0 Å². The zero-order chi connectivity index (χ0) is 19.8. The molecule has 0 aliphatic rings. The molecule has 5 heteroatoms. The number of nitrogens with zero attached hydrogens (tertiary/aromatic N) is 1. The van der Waals surface area contributed by atoms with Gasteiger partial charge < -0.3 is 19.1 Å². The smallest absolute Gasteiger partial charge is 0.260 e. The van der Waals surface area contributed by atoms with Crippen LogP contribution >= 0.6 is 0 Å². The van der Waals surface area contributed by atoms with Gasteiger partial charge in [0.1, 0.15) is 17.2 Å². The van der Waals surface area contributed by atoms with E-state index in [1.807, 2.05) is 36.4 Å². The molecule has 1 atom stereocenters. The number of benzene rings is 2. The summed E-state index contributed by atoms with van der Waals surface area (Å²) in [5, 5.41) is 0. The van der Waals surface area contributed by atoms with E-state index in [2.05, 4.69) is 19.9 Å². The first kappa shape index (κ1) is 20.6. The van der Waals surface area contributed by atoms with Gasteiger partial charge in [0, 0.05) is 25.2 Å². The van der Waals surface area contributed by atoms with Gasteiger partial charge >= 0.3 is 0 Å². The minimum atomic E-state index is -0.0909. The second-order valence-electron chi connectivity index (χ2n) is 6.56. The predicted molar refractivity (Wildman–Crippen MR) is 107 cm³/mol. The minimum absolute atomic E-state index is 0.00240. The third-order valence-corrected chi connectivity index (χ3v) is 4.74. The van der Waals surface area contributed by atoms with Crippen LogP contribution < -0.4 is 14.2 Å². The first-order valence-electron chi connectivity index (χ1n) is 9.16. The molecule has 0 saturated heterocycles. The lowest BCUT2D eigenvalue weighted by Crippen LogP contribution is -2.31. The predicted octanol–water partition coefficient (Wildman–Crippen LogP) is 4.25. The quantitative estimate of drug-likeness (QED) is 0.661. The van der Waals surface area contributed by atoms with E-state index in [0.717, 1.165) is 29.0 Å². The second-order valence-corrected chi connectivity index (χ2v) is 6.56. The van der Waals surface area contributed by atoms with Crippen molar-refractivity contribution in [2.75, 3.05) is 27.9 Å². The van der Waals surface area contributed by atoms with E-state index in [1.165, 1.54) is 0 Å². The zero-order valence-electron chi connectivity index (χ0n) is 16.8. The number of hydrogen-bond acceptors (Lipinski definition) is 4. The number of ether oxygens (including phenoxy) is 3. The standard InChI is InChI=1S/C22H29NO4/c1-6-16(2)19-9-7-8-10-20(19)27-15-22(24)23(3)14-17-11-12-18(25-4)13-21(17)26-5/h7-13,16H,6,14-15H2,1-5H3. The maximum Gasteiger partial charge on any atom is 0.260 e. The number of rotatable bonds is 9. The Morgan fingerprint density at radius 1 is 1.07 bits per heavy atom. The van der Waals surface area contributed by atoms with Gasteiger partial charge in [0.25, 0.3) is 5.91 Å². The SMILES string of the molecule is CCC(C)c1ccccc1OCC(=O)N(C)Cc1ccc(OC)cc1OC. The maximum atomic E-state index is 12.5. The lowest BCUT2D eigenvalue weighted by Gasteiger charge is -2.20. The zero-order valence-corrected chi connectivity index (χ0v) is 16.8. The van der Waals surface area contributed by atoms with E-state index in [0.29, 0.717) is 18.2 Å². The van der Waals surface area contributed by atoms with Crippen molar-refractivity contribution in [3.05, 3.63) is 53.6 Å². The number of hydrogen-bond donors (Lipinski definition) is 0. The molecule has 0 N–H and O–H groups in total. The lowest BCUT2D eigenvalue weighted by molar-refractivity contribution is -0.132. The summed E-state index contributed by atoms with van der Waals surface area (Å²) < 4.78 is 16.4. The molecule has 2 aromatic rings. The van der Waals surface area contributed by atoms with Gasteiger partial charge in [-0.2, -0.15) is 0 Å². The van der Waals surface area contributed by atoms with E-state index in [-0.39, 0.29) is 12.5 Å². The Balaban J connectivity index is 2.01. The summed E-state index contributed by atoms with van der Waals surface area (Å²) in [5.74, 6) is 2.48. The summed E-state index contributed by atoms with van der Waals surface area (Å²) in [4.78, 5) is 14.2. The van der Waals surface area contributed by atoms with Crippen LogP contribution in [0.4, 0.5) is 0 Å². The summed E-state index contributed by atoms with van der Waals surface area (Å²) in [6.45, 7) is 4.74. The Labute approximate surface area is 161 Å². The molecule has 2 aromatic carbocycles. The molecule has 0 heterocycles. The van der Waals surface area contributed by atoms with E-state index >= 15 is 0 Å². The van der Waals surface area contributed by atoms with Crippen molar-refractivity contribution in [3.63, 3.8) is 0 Å². The molecule has 0 saturated carbocycles. The fourth-order valence-electron chi connectivity index (χ4n) is 2.81. The summed E-state index contributed by atoms with van der Waals surface area (Å²) in [5.41, 5.74) is 2.04. The number of likely N-dealkylation sites (N-methyl/N-ethyl adjacent to an activating group) is 1. The van der Waals surface area contributed by atoms with Crippen LogP contribution in [-0.2, 0) is 11.3 Å². The van der Waals surface area contributed by atoms with Gasteiger partial charge in [-0.3, -0.25) is 4.79 Å². The normalized spacial score (nSPS) is 11.6. The minimum Gasteiger partial charge on any atom is -0.497 e. The molecule has 5 nitrogen and oxygen atoms in total. The highest BCUT2D eigenvalue weighted by Gasteiger charge is 2.15. The van der Waals surface area contributed by atoms with Crippen LogP contribution in [0, 0.1) is 0 Å². The summed E-state index contributed by atoms with van der Waals surface area (Å²) >= 11 is 0. The van der Waals surface area contributed by atoms with E-state index < -0.39 is 0 Å². The van der Waals surface area contributed by atoms with Gasteiger partial charge in [0.05, 0.1) is 14.2 Å². The van der Waals surface area contributed by atoms with E-state index in [4.69, 9.17) is 14.2 Å². The van der Waals surface area contributed by atoms with E-state index in [1.54, 1.807) is 26.2 Å². The number of amides is 1. The average Bonchev–Trinajstić information content (AvgIpc) is 2.71. The van der Waals surface area contributed by atoms with Crippen molar-refractivity contribution >= 4 is 5.91 Å². The van der Waals surface area contributed by atoms with E-state index in [9.17, 15) is 4.79 Å². The molecule has 0 radical (unpaired) electrons. The van der Waals surface area contributed by atoms with Gasteiger partial charge in [-0.15, -0.1) is 0 Å². The molecule has 0 aromatic heterocycles. The van der Waals surface area contributed by atoms with Gasteiger partial charge in [0.2, 0.25) is 0 Å². The highest BCUT2D eigenvalue weighted by atomic mass is 16.5. The van der Waals surface area contributed by atoms with Crippen LogP contribution in [0.5, 0.6) is 17.2 Å².